The molecule has 6 rings (SSSR count). The Bertz CT molecular complexity index is 1260. The average Bonchev–Trinajstić information content (AvgIpc) is 3.54. The lowest BCUT2D eigenvalue weighted by atomic mass is 9.72. The van der Waals surface area contributed by atoms with Crippen LogP contribution in [0.3, 0.4) is 0 Å². The molecule has 0 bridgehead atoms. The topological polar surface area (TPSA) is 121 Å². The second-order valence-electron chi connectivity index (χ2n) is 13.0. The number of piperidine rings is 2. The summed E-state index contributed by atoms with van der Waals surface area (Å²) in [6.07, 6.45) is 15.7. The van der Waals surface area contributed by atoms with E-state index in [2.05, 4.69) is 25.6 Å². The van der Waals surface area contributed by atoms with E-state index in [-0.39, 0.29) is 51.9 Å². The van der Waals surface area contributed by atoms with Crippen LogP contribution in [0.5, 0.6) is 0 Å². The average molecular weight is 569 g/mol. The zero-order chi connectivity index (χ0) is 28.6. The molecule has 224 valence electrons. The van der Waals surface area contributed by atoms with Gasteiger partial charge in [-0.3, -0.25) is 14.5 Å². The molecule has 11 heteroatoms. The fourth-order valence-electron chi connectivity index (χ4n) is 8.24. The molecule has 4 fully saturated rings. The fraction of sp³-hybridized carbons (Fsp3) is 0.733. The van der Waals surface area contributed by atoms with E-state index < -0.39 is 5.82 Å². The maximum atomic E-state index is 14.0. The van der Waals surface area contributed by atoms with E-state index in [1.54, 1.807) is 6.92 Å². The van der Waals surface area contributed by atoms with E-state index in [0.717, 1.165) is 90.3 Å². The van der Waals surface area contributed by atoms with Crippen molar-refractivity contribution >= 4 is 23.3 Å². The van der Waals surface area contributed by atoms with Crippen LogP contribution in [-0.4, -0.2) is 86.6 Å². The summed E-state index contributed by atoms with van der Waals surface area (Å²) in [6, 6.07) is 0.0834. The highest BCUT2D eigenvalue weighted by molar-refractivity contribution is 6.04. The molecule has 2 amide bonds. The SMILES string of the molecule is CC(=O)N1CCC2(CCN(C3CCNC4(CCCCCCCC4)C3NC(=O)c3c(N)nn4cc(F)cnc34)CC2)C1. The van der Waals surface area contributed by atoms with Crippen LogP contribution in [0.1, 0.15) is 94.3 Å². The minimum Gasteiger partial charge on any atom is -0.381 e. The molecule has 2 aromatic heterocycles. The first-order valence-electron chi connectivity index (χ1n) is 15.6. The molecule has 0 radical (unpaired) electrons. The van der Waals surface area contributed by atoms with Crippen LogP contribution < -0.4 is 16.4 Å². The van der Waals surface area contributed by atoms with Gasteiger partial charge in [0.2, 0.25) is 5.91 Å². The van der Waals surface area contributed by atoms with Gasteiger partial charge in [-0.2, -0.15) is 0 Å². The first-order chi connectivity index (χ1) is 19.8. The summed E-state index contributed by atoms with van der Waals surface area (Å²) in [5.41, 5.74) is 6.70. The van der Waals surface area contributed by atoms with E-state index in [1.807, 2.05) is 4.90 Å². The highest BCUT2D eigenvalue weighted by Crippen LogP contribution is 2.43. The van der Waals surface area contributed by atoms with Crippen molar-refractivity contribution in [2.24, 2.45) is 5.41 Å². The van der Waals surface area contributed by atoms with Gasteiger partial charge in [0.1, 0.15) is 5.56 Å². The summed E-state index contributed by atoms with van der Waals surface area (Å²) in [6.45, 7) is 6.28. The van der Waals surface area contributed by atoms with Crippen molar-refractivity contribution in [2.45, 2.75) is 102 Å². The van der Waals surface area contributed by atoms with Crippen molar-refractivity contribution in [1.29, 1.82) is 0 Å². The van der Waals surface area contributed by atoms with E-state index >= 15 is 0 Å². The highest BCUT2D eigenvalue weighted by atomic mass is 19.1. The quantitative estimate of drug-likeness (QED) is 0.520. The third-order valence-corrected chi connectivity index (χ3v) is 10.6. The van der Waals surface area contributed by atoms with Gasteiger partial charge >= 0.3 is 0 Å². The van der Waals surface area contributed by atoms with Crippen LogP contribution in [0.25, 0.3) is 5.65 Å². The van der Waals surface area contributed by atoms with Gasteiger partial charge in [-0.1, -0.05) is 38.5 Å². The molecule has 2 atom stereocenters. The molecular weight excluding hydrogens is 523 g/mol. The number of nitrogens with zero attached hydrogens (tertiary/aromatic N) is 5. The Balaban J connectivity index is 1.28. The first kappa shape index (κ1) is 28.3. The number of nitrogens with two attached hydrogens (primary N) is 1. The smallest absolute Gasteiger partial charge is 0.259 e. The summed E-state index contributed by atoms with van der Waals surface area (Å²) in [5, 5.41) is 11.6. The Kier molecular flexibility index (Phi) is 7.93. The third kappa shape index (κ3) is 5.55. The number of rotatable bonds is 3. The summed E-state index contributed by atoms with van der Waals surface area (Å²) in [7, 11) is 0. The Labute approximate surface area is 241 Å². The summed E-state index contributed by atoms with van der Waals surface area (Å²) < 4.78 is 15.1. The normalized spacial score (nSPS) is 27.0. The molecular formula is C30H45FN8O2. The van der Waals surface area contributed by atoms with Gasteiger partial charge in [-0.05, 0) is 63.6 Å². The molecule has 4 N–H and O–H groups in total. The van der Waals surface area contributed by atoms with Crippen LogP contribution in [0, 0.1) is 11.2 Å². The lowest BCUT2D eigenvalue weighted by molar-refractivity contribution is -0.128. The minimum absolute atomic E-state index is 0.0561. The molecule has 3 aliphatic heterocycles. The second kappa shape index (κ2) is 11.5. The Morgan fingerprint density at radius 1 is 1.05 bits per heavy atom. The van der Waals surface area contributed by atoms with Crippen molar-refractivity contribution < 1.29 is 14.0 Å². The molecule has 1 aliphatic carbocycles. The number of carbonyl (C=O) groups excluding carboxylic acids is 2. The zero-order valence-corrected chi connectivity index (χ0v) is 24.3. The molecule has 2 spiro atoms. The number of nitrogen functional groups attached to an aromatic ring is 1. The first-order valence-corrected chi connectivity index (χ1v) is 15.6. The van der Waals surface area contributed by atoms with E-state index in [9.17, 15) is 14.0 Å². The molecule has 2 unspecified atom stereocenters. The lowest BCUT2D eigenvalue weighted by Gasteiger charge is -2.54. The minimum atomic E-state index is -0.537. The number of anilines is 1. The van der Waals surface area contributed by atoms with Crippen LogP contribution in [0.15, 0.2) is 12.4 Å². The molecule has 0 aromatic carbocycles. The number of nitrogens with one attached hydrogen (secondary N) is 2. The van der Waals surface area contributed by atoms with Crippen molar-refractivity contribution in [3.05, 3.63) is 23.8 Å². The van der Waals surface area contributed by atoms with Gasteiger partial charge in [-0.15, -0.1) is 5.10 Å². The van der Waals surface area contributed by atoms with Crippen molar-refractivity contribution in [1.82, 2.24) is 35.0 Å². The van der Waals surface area contributed by atoms with E-state index in [0.29, 0.717) is 0 Å². The van der Waals surface area contributed by atoms with Gasteiger partial charge in [0.25, 0.3) is 5.91 Å². The molecule has 41 heavy (non-hydrogen) atoms. The van der Waals surface area contributed by atoms with Crippen molar-refractivity contribution in [3.8, 4) is 0 Å². The predicted molar refractivity (Wildman–Crippen MR) is 155 cm³/mol. The Hall–Kier alpha value is -2.79. The zero-order valence-electron chi connectivity index (χ0n) is 24.3. The molecule has 3 saturated heterocycles. The third-order valence-electron chi connectivity index (χ3n) is 10.6. The van der Waals surface area contributed by atoms with Crippen LogP contribution in [0.2, 0.25) is 0 Å². The van der Waals surface area contributed by atoms with Gasteiger partial charge in [0, 0.05) is 31.6 Å². The van der Waals surface area contributed by atoms with Crippen molar-refractivity contribution in [2.75, 3.05) is 38.5 Å². The summed E-state index contributed by atoms with van der Waals surface area (Å²) in [4.78, 5) is 34.8. The maximum absolute atomic E-state index is 14.0. The lowest BCUT2D eigenvalue weighted by Crippen LogP contribution is -2.72. The van der Waals surface area contributed by atoms with Gasteiger partial charge in [0.15, 0.2) is 17.3 Å². The monoisotopic (exact) mass is 568 g/mol. The van der Waals surface area contributed by atoms with Gasteiger partial charge in [-0.25, -0.2) is 13.9 Å². The number of hydrogen-bond donors (Lipinski definition) is 3. The largest absolute Gasteiger partial charge is 0.381 e. The number of fused-ring (bicyclic) bond motifs is 1. The summed E-state index contributed by atoms with van der Waals surface area (Å²) in [5.74, 6) is -0.599. The molecule has 1 saturated carbocycles. The van der Waals surface area contributed by atoms with Crippen LogP contribution >= 0.6 is 0 Å². The number of hydrogen-bond acceptors (Lipinski definition) is 7. The molecule has 10 nitrogen and oxygen atoms in total. The Morgan fingerprint density at radius 2 is 1.73 bits per heavy atom. The number of likely N-dealkylation sites (tertiary alicyclic amines) is 2. The molecule has 5 heterocycles. The van der Waals surface area contributed by atoms with Gasteiger partial charge in [0.05, 0.1) is 18.4 Å². The molecule has 2 aromatic rings. The standard InChI is InChI=1S/C30H45FN8O2/c1-21(40)38-17-13-29(20-38)11-15-37(16-12-29)23-8-14-34-30(9-6-4-2-3-5-7-10-30)25(23)35-28(41)24-26(32)36-39-19-22(31)18-33-27(24)39/h18-19,23,25,34H,2-17,20H2,1H3,(H2,32,36)(H,35,41). The van der Waals surface area contributed by atoms with E-state index in [1.165, 1.54) is 36.4 Å². The number of halogens is 1. The van der Waals surface area contributed by atoms with Gasteiger partial charge < -0.3 is 21.3 Å². The second-order valence-corrected chi connectivity index (χ2v) is 13.0. The summed E-state index contributed by atoms with van der Waals surface area (Å²) >= 11 is 0. The number of carbonyl (C=O) groups is 2. The van der Waals surface area contributed by atoms with Crippen molar-refractivity contribution in [3.63, 3.8) is 0 Å². The highest BCUT2D eigenvalue weighted by Gasteiger charge is 2.50. The fourth-order valence-corrected chi connectivity index (χ4v) is 8.24. The maximum Gasteiger partial charge on any atom is 0.259 e. The van der Waals surface area contributed by atoms with Crippen LogP contribution in [-0.2, 0) is 4.79 Å². The number of amides is 2. The van der Waals surface area contributed by atoms with Crippen LogP contribution in [0.4, 0.5) is 10.2 Å². The predicted octanol–water partition coefficient (Wildman–Crippen LogP) is 3.12. The van der Waals surface area contributed by atoms with E-state index in [4.69, 9.17) is 5.73 Å². The molecule has 4 aliphatic rings. The Morgan fingerprint density at radius 3 is 2.41 bits per heavy atom. The number of aromatic nitrogens is 3.